The van der Waals surface area contributed by atoms with Crippen LogP contribution in [0, 0.1) is 6.92 Å². The van der Waals surface area contributed by atoms with E-state index in [9.17, 15) is 5.11 Å². The Morgan fingerprint density at radius 1 is 1.39 bits per heavy atom. The SMILES string of the molecule is Cc1c(Cl)nc(C2CC2)nc1NC1(CO)CCC1. The molecule has 0 spiro atoms. The van der Waals surface area contributed by atoms with Crippen LogP contribution >= 0.6 is 11.6 Å². The lowest BCUT2D eigenvalue weighted by Gasteiger charge is -2.41. The molecular weight excluding hydrogens is 250 g/mol. The van der Waals surface area contributed by atoms with E-state index in [2.05, 4.69) is 15.3 Å². The summed E-state index contributed by atoms with van der Waals surface area (Å²) in [7, 11) is 0. The average molecular weight is 268 g/mol. The maximum absolute atomic E-state index is 9.51. The molecular formula is C13H18ClN3O. The first-order chi connectivity index (χ1) is 8.63. The maximum atomic E-state index is 9.51. The fourth-order valence-corrected chi connectivity index (χ4v) is 2.50. The van der Waals surface area contributed by atoms with E-state index in [1.807, 2.05) is 6.92 Å². The van der Waals surface area contributed by atoms with Crippen LogP contribution in [0.15, 0.2) is 0 Å². The van der Waals surface area contributed by atoms with Crippen LogP contribution in [0.3, 0.4) is 0 Å². The van der Waals surface area contributed by atoms with Gasteiger partial charge in [0.2, 0.25) is 0 Å². The highest BCUT2D eigenvalue weighted by Gasteiger charge is 2.37. The molecule has 0 aliphatic heterocycles. The van der Waals surface area contributed by atoms with E-state index in [0.717, 1.165) is 49.3 Å². The third-order valence-corrected chi connectivity index (χ3v) is 4.41. The van der Waals surface area contributed by atoms with E-state index in [1.165, 1.54) is 0 Å². The molecule has 98 valence electrons. The van der Waals surface area contributed by atoms with E-state index in [1.54, 1.807) is 0 Å². The van der Waals surface area contributed by atoms with Crippen LogP contribution in [0.4, 0.5) is 5.82 Å². The van der Waals surface area contributed by atoms with Crippen molar-refractivity contribution in [2.24, 2.45) is 0 Å². The number of rotatable bonds is 4. The summed E-state index contributed by atoms with van der Waals surface area (Å²) in [6, 6.07) is 0. The van der Waals surface area contributed by atoms with Crippen LogP contribution in [0.25, 0.3) is 0 Å². The normalized spacial score (nSPS) is 21.5. The van der Waals surface area contributed by atoms with E-state index in [-0.39, 0.29) is 12.1 Å². The van der Waals surface area contributed by atoms with E-state index < -0.39 is 0 Å². The number of hydrogen-bond acceptors (Lipinski definition) is 4. The monoisotopic (exact) mass is 267 g/mol. The minimum absolute atomic E-state index is 0.146. The Balaban J connectivity index is 1.90. The zero-order valence-corrected chi connectivity index (χ0v) is 11.3. The first-order valence-electron chi connectivity index (χ1n) is 6.57. The van der Waals surface area contributed by atoms with Crippen molar-refractivity contribution >= 4 is 17.4 Å². The van der Waals surface area contributed by atoms with Crippen LogP contribution in [-0.2, 0) is 0 Å². The summed E-state index contributed by atoms with van der Waals surface area (Å²) in [4.78, 5) is 8.94. The smallest absolute Gasteiger partial charge is 0.137 e. The van der Waals surface area contributed by atoms with Gasteiger partial charge in [0.1, 0.15) is 16.8 Å². The molecule has 0 atom stereocenters. The molecule has 0 radical (unpaired) electrons. The molecule has 5 heteroatoms. The molecule has 0 amide bonds. The molecule has 2 aliphatic carbocycles. The van der Waals surface area contributed by atoms with Crippen molar-refractivity contribution in [3.05, 3.63) is 16.5 Å². The number of halogens is 1. The Kier molecular flexibility index (Phi) is 2.94. The second-order valence-corrected chi connectivity index (χ2v) is 5.90. The van der Waals surface area contributed by atoms with Gasteiger partial charge in [0.15, 0.2) is 0 Å². The highest BCUT2D eigenvalue weighted by molar-refractivity contribution is 6.30. The molecule has 1 heterocycles. The maximum Gasteiger partial charge on any atom is 0.137 e. The van der Waals surface area contributed by atoms with Gasteiger partial charge < -0.3 is 10.4 Å². The van der Waals surface area contributed by atoms with E-state index >= 15 is 0 Å². The summed E-state index contributed by atoms with van der Waals surface area (Å²) in [5, 5.41) is 13.4. The van der Waals surface area contributed by atoms with Crippen LogP contribution in [0.2, 0.25) is 5.15 Å². The number of aromatic nitrogens is 2. The summed E-state index contributed by atoms with van der Waals surface area (Å²) < 4.78 is 0. The molecule has 4 nitrogen and oxygen atoms in total. The van der Waals surface area contributed by atoms with Gasteiger partial charge in [0, 0.05) is 11.5 Å². The molecule has 2 N–H and O–H groups in total. The quantitative estimate of drug-likeness (QED) is 0.824. The predicted molar refractivity (Wildman–Crippen MR) is 71.0 cm³/mol. The van der Waals surface area contributed by atoms with Gasteiger partial charge >= 0.3 is 0 Å². The summed E-state index contributed by atoms with van der Waals surface area (Å²) in [5.74, 6) is 2.13. The lowest BCUT2D eigenvalue weighted by molar-refractivity contribution is 0.143. The Hall–Kier alpha value is -0.870. The topological polar surface area (TPSA) is 58.0 Å². The second kappa shape index (κ2) is 4.35. The Labute approximate surface area is 112 Å². The lowest BCUT2D eigenvalue weighted by Crippen LogP contribution is -2.48. The number of aliphatic hydroxyl groups excluding tert-OH is 1. The van der Waals surface area contributed by atoms with Crippen molar-refractivity contribution in [1.82, 2.24) is 9.97 Å². The van der Waals surface area contributed by atoms with Gasteiger partial charge in [-0.15, -0.1) is 0 Å². The highest BCUT2D eigenvalue weighted by atomic mass is 35.5. The molecule has 1 aromatic rings. The Morgan fingerprint density at radius 2 is 2.11 bits per heavy atom. The van der Waals surface area contributed by atoms with Crippen molar-refractivity contribution in [3.8, 4) is 0 Å². The van der Waals surface area contributed by atoms with Crippen molar-refractivity contribution < 1.29 is 5.11 Å². The minimum atomic E-state index is -0.191. The Morgan fingerprint density at radius 3 is 2.61 bits per heavy atom. The predicted octanol–water partition coefficient (Wildman–Crippen LogP) is 2.64. The second-order valence-electron chi connectivity index (χ2n) is 5.54. The van der Waals surface area contributed by atoms with Crippen LogP contribution in [-0.4, -0.2) is 27.2 Å². The molecule has 1 aromatic heterocycles. The first kappa shape index (κ1) is 12.2. The lowest BCUT2D eigenvalue weighted by atomic mass is 9.77. The van der Waals surface area contributed by atoms with Crippen LogP contribution < -0.4 is 5.32 Å². The molecule has 0 saturated heterocycles. The van der Waals surface area contributed by atoms with Crippen molar-refractivity contribution in [2.75, 3.05) is 11.9 Å². The summed E-state index contributed by atoms with van der Waals surface area (Å²) >= 11 is 6.17. The van der Waals surface area contributed by atoms with E-state index in [4.69, 9.17) is 11.6 Å². The molecule has 0 aromatic carbocycles. The molecule has 3 rings (SSSR count). The molecule has 0 bridgehead atoms. The van der Waals surface area contributed by atoms with Gasteiger partial charge in [-0.2, -0.15) is 0 Å². The fourth-order valence-electron chi connectivity index (χ4n) is 2.33. The number of nitrogens with one attached hydrogen (secondary N) is 1. The van der Waals surface area contributed by atoms with Crippen molar-refractivity contribution in [1.29, 1.82) is 0 Å². The van der Waals surface area contributed by atoms with Crippen LogP contribution in [0.1, 0.15) is 49.4 Å². The van der Waals surface area contributed by atoms with Gasteiger partial charge in [-0.1, -0.05) is 11.6 Å². The van der Waals surface area contributed by atoms with Gasteiger partial charge in [-0.05, 0) is 39.0 Å². The molecule has 0 unspecified atom stereocenters. The van der Waals surface area contributed by atoms with Gasteiger partial charge in [-0.25, -0.2) is 9.97 Å². The number of hydrogen-bond donors (Lipinski definition) is 2. The number of nitrogens with zero attached hydrogens (tertiary/aromatic N) is 2. The first-order valence-corrected chi connectivity index (χ1v) is 6.94. The van der Waals surface area contributed by atoms with Crippen molar-refractivity contribution in [3.63, 3.8) is 0 Å². The summed E-state index contributed by atoms with van der Waals surface area (Å²) in [6.07, 6.45) is 5.45. The van der Waals surface area contributed by atoms with Gasteiger partial charge in [0.05, 0.1) is 12.1 Å². The third-order valence-electron chi connectivity index (χ3n) is 4.04. The van der Waals surface area contributed by atoms with Crippen LogP contribution in [0.5, 0.6) is 0 Å². The number of anilines is 1. The molecule has 2 saturated carbocycles. The molecule has 2 aliphatic rings. The fraction of sp³-hybridized carbons (Fsp3) is 0.692. The van der Waals surface area contributed by atoms with E-state index in [0.29, 0.717) is 11.1 Å². The zero-order valence-electron chi connectivity index (χ0n) is 10.5. The third kappa shape index (κ3) is 2.08. The van der Waals surface area contributed by atoms with Gasteiger partial charge in [-0.3, -0.25) is 0 Å². The largest absolute Gasteiger partial charge is 0.394 e. The van der Waals surface area contributed by atoms with Crippen molar-refractivity contribution in [2.45, 2.75) is 50.5 Å². The molecule has 18 heavy (non-hydrogen) atoms. The molecule has 2 fully saturated rings. The zero-order chi connectivity index (χ0) is 12.8. The standard InChI is InChI=1S/C13H18ClN3O/c1-8-10(14)15-12(9-3-4-9)16-11(8)17-13(7-18)5-2-6-13/h9,18H,2-7H2,1H3,(H,15,16,17). The Bertz CT molecular complexity index is 464. The average Bonchev–Trinajstić information content (AvgIpc) is 3.12. The minimum Gasteiger partial charge on any atom is -0.394 e. The highest BCUT2D eigenvalue weighted by Crippen LogP contribution is 2.41. The van der Waals surface area contributed by atoms with Gasteiger partial charge in [0.25, 0.3) is 0 Å². The summed E-state index contributed by atoms with van der Waals surface area (Å²) in [6.45, 7) is 2.07. The number of aliphatic hydroxyl groups is 1. The summed E-state index contributed by atoms with van der Waals surface area (Å²) in [5.41, 5.74) is 0.685.